The summed E-state index contributed by atoms with van der Waals surface area (Å²) in [5.74, 6) is 0.0561. The molecule has 1 aromatic rings. The van der Waals surface area contributed by atoms with Crippen LogP contribution in [0.15, 0.2) is 24.4 Å². The summed E-state index contributed by atoms with van der Waals surface area (Å²) in [7, 11) is 0. The highest BCUT2D eigenvalue weighted by atomic mass is 16.5. The van der Waals surface area contributed by atoms with Gasteiger partial charge < -0.3 is 19.7 Å². The Kier molecular flexibility index (Phi) is 7.41. The normalized spacial score (nSPS) is 24.8. The molecule has 2 aliphatic rings. The van der Waals surface area contributed by atoms with E-state index in [0.29, 0.717) is 13.2 Å². The van der Waals surface area contributed by atoms with Crippen molar-refractivity contribution in [3.8, 4) is 0 Å². The summed E-state index contributed by atoms with van der Waals surface area (Å²) in [5.41, 5.74) is 0.921. The van der Waals surface area contributed by atoms with Gasteiger partial charge in [0.1, 0.15) is 6.10 Å². The van der Waals surface area contributed by atoms with E-state index in [-0.39, 0.29) is 18.1 Å². The predicted octanol–water partition coefficient (Wildman–Crippen LogP) is 2.14. The maximum Gasteiger partial charge on any atom is 0.252 e. The van der Waals surface area contributed by atoms with Crippen LogP contribution in [-0.2, 0) is 20.8 Å². The molecule has 1 N–H and O–H groups in total. The van der Waals surface area contributed by atoms with Crippen LogP contribution in [0, 0.1) is 0 Å². The second kappa shape index (κ2) is 10.00. The van der Waals surface area contributed by atoms with Crippen molar-refractivity contribution in [1.82, 2.24) is 15.2 Å². The zero-order valence-corrected chi connectivity index (χ0v) is 15.7. The summed E-state index contributed by atoms with van der Waals surface area (Å²) in [6, 6.07) is 6.08. The zero-order chi connectivity index (χ0) is 18.2. The monoisotopic (exact) mass is 361 g/mol. The predicted molar refractivity (Wildman–Crippen MR) is 99.7 cm³/mol. The molecule has 1 amide bonds. The minimum absolute atomic E-state index is 0.0561. The van der Waals surface area contributed by atoms with Gasteiger partial charge in [-0.15, -0.1) is 0 Å². The molecule has 0 radical (unpaired) electrons. The molecule has 26 heavy (non-hydrogen) atoms. The van der Waals surface area contributed by atoms with Gasteiger partial charge in [-0.25, -0.2) is 0 Å². The molecule has 2 aliphatic heterocycles. The molecule has 6 nitrogen and oxygen atoms in total. The maximum atomic E-state index is 13.2. The van der Waals surface area contributed by atoms with Crippen molar-refractivity contribution < 1.29 is 14.3 Å². The minimum atomic E-state index is -0.459. The largest absolute Gasteiger partial charge is 0.376 e. The van der Waals surface area contributed by atoms with Gasteiger partial charge in [-0.2, -0.15) is 0 Å². The number of aromatic nitrogens is 1. The molecular formula is C20H31N3O3. The Morgan fingerprint density at radius 2 is 2.27 bits per heavy atom. The van der Waals surface area contributed by atoms with Crippen LogP contribution >= 0.6 is 0 Å². The van der Waals surface area contributed by atoms with Gasteiger partial charge in [-0.1, -0.05) is 6.07 Å². The van der Waals surface area contributed by atoms with Crippen molar-refractivity contribution in [2.45, 2.75) is 63.8 Å². The van der Waals surface area contributed by atoms with E-state index in [0.717, 1.165) is 57.5 Å². The van der Waals surface area contributed by atoms with Gasteiger partial charge in [0, 0.05) is 18.8 Å². The smallest absolute Gasteiger partial charge is 0.252 e. The highest BCUT2D eigenvalue weighted by molar-refractivity contribution is 5.80. The van der Waals surface area contributed by atoms with Crippen LogP contribution in [0.1, 0.15) is 44.7 Å². The summed E-state index contributed by atoms with van der Waals surface area (Å²) in [6.45, 7) is 5.67. The quantitative estimate of drug-likeness (QED) is 0.806. The third kappa shape index (κ3) is 5.50. The lowest BCUT2D eigenvalue weighted by molar-refractivity contribution is -0.148. The van der Waals surface area contributed by atoms with Crippen LogP contribution in [0.2, 0.25) is 0 Å². The fraction of sp³-hybridized carbons (Fsp3) is 0.700. The molecule has 3 unspecified atom stereocenters. The number of rotatable bonds is 7. The maximum absolute atomic E-state index is 13.2. The number of carbonyl (C=O) groups is 1. The van der Waals surface area contributed by atoms with Crippen molar-refractivity contribution >= 4 is 5.91 Å². The van der Waals surface area contributed by atoms with E-state index in [1.54, 1.807) is 6.20 Å². The summed E-state index contributed by atoms with van der Waals surface area (Å²) in [4.78, 5) is 19.6. The Labute approximate surface area is 156 Å². The van der Waals surface area contributed by atoms with E-state index in [1.165, 1.54) is 0 Å². The van der Waals surface area contributed by atoms with Crippen molar-refractivity contribution in [2.75, 3.05) is 26.3 Å². The highest BCUT2D eigenvalue weighted by Gasteiger charge is 2.29. The van der Waals surface area contributed by atoms with E-state index in [4.69, 9.17) is 9.47 Å². The average molecular weight is 361 g/mol. The topological polar surface area (TPSA) is 63.7 Å². The molecule has 144 valence electrons. The zero-order valence-electron chi connectivity index (χ0n) is 15.7. The third-order valence-electron chi connectivity index (χ3n) is 5.23. The summed E-state index contributed by atoms with van der Waals surface area (Å²) in [6.07, 6.45) is 6.63. The third-order valence-corrected chi connectivity index (χ3v) is 5.23. The number of ether oxygens (including phenoxy) is 2. The molecule has 1 aromatic heterocycles. The van der Waals surface area contributed by atoms with Crippen LogP contribution < -0.4 is 5.32 Å². The summed E-state index contributed by atoms with van der Waals surface area (Å²) < 4.78 is 11.5. The van der Waals surface area contributed by atoms with Gasteiger partial charge in [0.2, 0.25) is 0 Å². The molecule has 3 atom stereocenters. The Hall–Kier alpha value is -1.50. The average Bonchev–Trinajstić information content (AvgIpc) is 3.05. The molecule has 0 bridgehead atoms. The van der Waals surface area contributed by atoms with E-state index < -0.39 is 6.10 Å². The summed E-state index contributed by atoms with van der Waals surface area (Å²) in [5, 5.41) is 3.42. The molecule has 0 saturated carbocycles. The molecule has 2 fully saturated rings. The van der Waals surface area contributed by atoms with Crippen LogP contribution in [0.4, 0.5) is 0 Å². The number of nitrogens with zero attached hydrogens (tertiary/aromatic N) is 2. The van der Waals surface area contributed by atoms with Gasteiger partial charge in [0.25, 0.3) is 5.91 Å². The van der Waals surface area contributed by atoms with E-state index >= 15 is 0 Å². The highest BCUT2D eigenvalue weighted by Crippen LogP contribution is 2.19. The fourth-order valence-corrected chi connectivity index (χ4v) is 3.70. The number of hydrogen-bond acceptors (Lipinski definition) is 5. The lowest BCUT2D eigenvalue weighted by Crippen LogP contribution is -2.46. The standard InChI is InChI=1S/C20H31N3O3/c1-16(26-15-19-8-5-13-25-19)20(24)23(14-17-6-2-3-11-22-17)18-7-4-10-21-12-9-18/h2-3,6,11,16,18-19,21H,4-5,7-10,12-15H2,1H3. The lowest BCUT2D eigenvalue weighted by atomic mass is 10.1. The molecule has 0 aromatic carbocycles. The van der Waals surface area contributed by atoms with Crippen molar-refractivity contribution in [3.05, 3.63) is 30.1 Å². The number of hydrogen-bond donors (Lipinski definition) is 1. The molecule has 0 aliphatic carbocycles. The molecular weight excluding hydrogens is 330 g/mol. The van der Waals surface area contributed by atoms with Crippen molar-refractivity contribution in [1.29, 1.82) is 0 Å². The molecule has 2 saturated heterocycles. The van der Waals surface area contributed by atoms with Crippen LogP contribution in [0.3, 0.4) is 0 Å². The van der Waals surface area contributed by atoms with Gasteiger partial charge in [0.15, 0.2) is 0 Å². The number of amides is 1. The first-order valence-corrected chi connectivity index (χ1v) is 9.88. The summed E-state index contributed by atoms with van der Waals surface area (Å²) >= 11 is 0. The second-order valence-electron chi connectivity index (χ2n) is 7.23. The van der Waals surface area contributed by atoms with Crippen LogP contribution in [0.5, 0.6) is 0 Å². The Bertz CT molecular complexity index is 540. The van der Waals surface area contributed by atoms with Gasteiger partial charge in [-0.05, 0) is 64.3 Å². The van der Waals surface area contributed by atoms with E-state index in [9.17, 15) is 4.79 Å². The van der Waals surface area contributed by atoms with Gasteiger partial charge in [-0.3, -0.25) is 9.78 Å². The lowest BCUT2D eigenvalue weighted by Gasteiger charge is -2.33. The Morgan fingerprint density at radius 3 is 3.04 bits per heavy atom. The van der Waals surface area contributed by atoms with Crippen molar-refractivity contribution in [3.63, 3.8) is 0 Å². The molecule has 6 heteroatoms. The fourth-order valence-electron chi connectivity index (χ4n) is 3.70. The van der Waals surface area contributed by atoms with Gasteiger partial charge >= 0.3 is 0 Å². The van der Waals surface area contributed by atoms with E-state index in [2.05, 4.69) is 10.3 Å². The second-order valence-corrected chi connectivity index (χ2v) is 7.23. The molecule has 3 heterocycles. The van der Waals surface area contributed by atoms with Crippen molar-refractivity contribution in [2.24, 2.45) is 0 Å². The van der Waals surface area contributed by atoms with Crippen LogP contribution in [0.25, 0.3) is 0 Å². The first-order chi connectivity index (χ1) is 12.7. The number of nitrogens with one attached hydrogen (secondary N) is 1. The Balaban J connectivity index is 1.64. The van der Waals surface area contributed by atoms with Crippen LogP contribution in [-0.4, -0.2) is 60.3 Å². The SMILES string of the molecule is CC(OCC1CCCO1)C(=O)N(Cc1ccccn1)C1CCCNCC1. The minimum Gasteiger partial charge on any atom is -0.376 e. The van der Waals surface area contributed by atoms with E-state index in [1.807, 2.05) is 30.0 Å². The first kappa shape index (κ1) is 19.3. The Morgan fingerprint density at radius 1 is 1.35 bits per heavy atom. The molecule has 3 rings (SSSR count). The van der Waals surface area contributed by atoms with Gasteiger partial charge in [0.05, 0.1) is 24.9 Å². The molecule has 0 spiro atoms. The number of pyridine rings is 1. The number of carbonyl (C=O) groups excluding carboxylic acids is 1. The first-order valence-electron chi connectivity index (χ1n) is 9.88.